The molecule has 2 aromatic heterocycles. The minimum absolute atomic E-state index is 0.0628. The van der Waals surface area contributed by atoms with E-state index in [1.165, 1.54) is 0 Å². The van der Waals surface area contributed by atoms with Crippen molar-refractivity contribution in [1.29, 1.82) is 0 Å². The number of benzene rings is 1. The zero-order valence-corrected chi connectivity index (χ0v) is 17.1. The first kappa shape index (κ1) is 19.5. The number of hydrogen-bond acceptors (Lipinski definition) is 5. The first-order chi connectivity index (χ1) is 14.0. The monoisotopic (exact) mass is 393 g/mol. The fraction of sp³-hybridized carbons (Fsp3) is 0.391. The van der Waals surface area contributed by atoms with Crippen LogP contribution in [0.4, 0.5) is 0 Å². The summed E-state index contributed by atoms with van der Waals surface area (Å²) in [6, 6.07) is 11.7. The lowest BCUT2D eigenvalue weighted by Crippen LogP contribution is -2.27. The van der Waals surface area contributed by atoms with Gasteiger partial charge in [-0.1, -0.05) is 26.0 Å². The quantitative estimate of drug-likeness (QED) is 0.717. The summed E-state index contributed by atoms with van der Waals surface area (Å²) in [6.07, 6.45) is 2.64. The zero-order valence-electron chi connectivity index (χ0n) is 17.1. The van der Waals surface area contributed by atoms with Crippen LogP contribution in [0, 0.1) is 12.8 Å². The van der Waals surface area contributed by atoms with Crippen LogP contribution in [0.25, 0.3) is 5.65 Å². The molecular weight excluding hydrogens is 366 g/mol. The SMILES string of the molecule is Cc1cccn2c(=O)cc(CN[C@@H](c3ccc4c(c3)OCCCO4)C(C)C)nc12. The number of aryl methyl sites for hydroxylation is 1. The molecule has 1 aliphatic rings. The Labute approximate surface area is 170 Å². The Morgan fingerprint density at radius 2 is 1.93 bits per heavy atom. The van der Waals surface area contributed by atoms with Crippen LogP contribution in [0.3, 0.4) is 0 Å². The Morgan fingerprint density at radius 1 is 1.14 bits per heavy atom. The number of pyridine rings is 1. The fourth-order valence-electron chi connectivity index (χ4n) is 3.73. The molecule has 0 spiro atoms. The van der Waals surface area contributed by atoms with Crippen LogP contribution in [0.1, 0.15) is 43.1 Å². The lowest BCUT2D eigenvalue weighted by molar-refractivity contribution is 0.296. The van der Waals surface area contributed by atoms with E-state index in [-0.39, 0.29) is 11.6 Å². The van der Waals surface area contributed by atoms with E-state index in [1.807, 2.05) is 25.1 Å². The summed E-state index contributed by atoms with van der Waals surface area (Å²) in [4.78, 5) is 17.2. The van der Waals surface area contributed by atoms with Gasteiger partial charge in [-0.25, -0.2) is 4.98 Å². The number of rotatable bonds is 5. The van der Waals surface area contributed by atoms with Crippen molar-refractivity contribution in [1.82, 2.24) is 14.7 Å². The normalized spacial score (nSPS) is 14.8. The maximum atomic E-state index is 12.5. The van der Waals surface area contributed by atoms with Gasteiger partial charge in [0.1, 0.15) is 5.65 Å². The van der Waals surface area contributed by atoms with Crippen molar-refractivity contribution in [2.24, 2.45) is 5.92 Å². The highest BCUT2D eigenvalue weighted by atomic mass is 16.5. The van der Waals surface area contributed by atoms with E-state index in [9.17, 15) is 4.79 Å². The topological polar surface area (TPSA) is 64.9 Å². The molecule has 1 aromatic carbocycles. The Morgan fingerprint density at radius 3 is 2.72 bits per heavy atom. The van der Waals surface area contributed by atoms with Gasteiger partial charge in [-0.2, -0.15) is 0 Å². The number of aromatic nitrogens is 2. The molecule has 1 aliphatic heterocycles. The third-order valence-corrected chi connectivity index (χ3v) is 5.24. The van der Waals surface area contributed by atoms with E-state index in [1.54, 1.807) is 16.7 Å². The summed E-state index contributed by atoms with van der Waals surface area (Å²) in [7, 11) is 0. The average Bonchev–Trinajstić information content (AvgIpc) is 2.94. The molecule has 1 N–H and O–H groups in total. The van der Waals surface area contributed by atoms with Gasteiger partial charge in [0.2, 0.25) is 0 Å². The number of fused-ring (bicyclic) bond motifs is 2. The van der Waals surface area contributed by atoms with E-state index < -0.39 is 0 Å². The standard InChI is InChI=1S/C23H27N3O3/c1-15(2)22(17-7-8-19-20(12-17)29-11-5-10-28-19)24-14-18-13-21(27)26-9-4-6-16(3)23(26)25-18/h4,6-9,12-13,15,22,24H,5,10-11,14H2,1-3H3/t22-/m1/s1. The second-order valence-electron chi connectivity index (χ2n) is 7.83. The van der Waals surface area contributed by atoms with Crippen molar-refractivity contribution in [3.8, 4) is 11.5 Å². The van der Waals surface area contributed by atoms with Gasteiger partial charge in [-0.05, 0) is 42.2 Å². The number of nitrogens with zero attached hydrogens (tertiary/aromatic N) is 2. The second-order valence-corrected chi connectivity index (χ2v) is 7.83. The molecule has 4 rings (SSSR count). The van der Waals surface area contributed by atoms with Gasteiger partial charge < -0.3 is 14.8 Å². The number of nitrogens with one attached hydrogen (secondary N) is 1. The minimum Gasteiger partial charge on any atom is -0.490 e. The summed E-state index contributed by atoms with van der Waals surface area (Å²) in [6.45, 7) is 8.17. The highest BCUT2D eigenvalue weighted by molar-refractivity contribution is 5.47. The van der Waals surface area contributed by atoms with Gasteiger partial charge in [-0.3, -0.25) is 9.20 Å². The minimum atomic E-state index is -0.0628. The van der Waals surface area contributed by atoms with Crippen LogP contribution in [0.15, 0.2) is 47.4 Å². The second kappa shape index (κ2) is 8.25. The Kier molecular flexibility index (Phi) is 5.53. The van der Waals surface area contributed by atoms with Gasteiger partial charge in [0.25, 0.3) is 5.56 Å². The lowest BCUT2D eigenvalue weighted by Gasteiger charge is -2.24. The maximum absolute atomic E-state index is 12.5. The largest absolute Gasteiger partial charge is 0.490 e. The van der Waals surface area contributed by atoms with Crippen molar-refractivity contribution in [2.75, 3.05) is 13.2 Å². The predicted molar refractivity (Wildman–Crippen MR) is 113 cm³/mol. The molecule has 0 saturated heterocycles. The van der Waals surface area contributed by atoms with Gasteiger partial charge in [0, 0.05) is 31.3 Å². The molecule has 6 nitrogen and oxygen atoms in total. The van der Waals surface area contributed by atoms with Crippen LogP contribution >= 0.6 is 0 Å². The highest BCUT2D eigenvalue weighted by Gasteiger charge is 2.19. The molecule has 1 atom stereocenters. The van der Waals surface area contributed by atoms with Crippen LogP contribution in [0.5, 0.6) is 11.5 Å². The molecule has 0 unspecified atom stereocenters. The Bertz CT molecular complexity index is 1070. The third-order valence-electron chi connectivity index (χ3n) is 5.24. The average molecular weight is 393 g/mol. The van der Waals surface area contributed by atoms with E-state index in [2.05, 4.69) is 31.3 Å². The van der Waals surface area contributed by atoms with Gasteiger partial charge >= 0.3 is 0 Å². The molecule has 152 valence electrons. The molecule has 0 amide bonds. The van der Waals surface area contributed by atoms with Crippen LogP contribution in [-0.4, -0.2) is 22.6 Å². The van der Waals surface area contributed by atoms with Gasteiger partial charge in [0.05, 0.1) is 18.9 Å². The Hall–Kier alpha value is -2.86. The van der Waals surface area contributed by atoms with Crippen molar-refractivity contribution in [3.05, 3.63) is 69.8 Å². The maximum Gasteiger partial charge on any atom is 0.258 e. The summed E-state index contributed by atoms with van der Waals surface area (Å²) in [5.74, 6) is 1.95. The molecule has 0 fully saturated rings. The molecule has 0 bridgehead atoms. The van der Waals surface area contributed by atoms with E-state index in [0.717, 1.165) is 34.7 Å². The molecule has 0 radical (unpaired) electrons. The summed E-state index contributed by atoms with van der Waals surface area (Å²) < 4.78 is 13.2. The van der Waals surface area contributed by atoms with E-state index in [0.29, 0.717) is 31.3 Å². The van der Waals surface area contributed by atoms with Crippen LogP contribution < -0.4 is 20.3 Å². The number of hydrogen-bond donors (Lipinski definition) is 1. The summed E-state index contributed by atoms with van der Waals surface area (Å²) in [5.41, 5.74) is 3.50. The Balaban J connectivity index is 1.58. The van der Waals surface area contributed by atoms with Crippen molar-refractivity contribution >= 4 is 5.65 Å². The molecule has 3 heterocycles. The van der Waals surface area contributed by atoms with E-state index >= 15 is 0 Å². The third kappa shape index (κ3) is 4.12. The first-order valence-corrected chi connectivity index (χ1v) is 10.1. The highest BCUT2D eigenvalue weighted by Crippen LogP contribution is 2.34. The lowest BCUT2D eigenvalue weighted by atomic mass is 9.95. The first-order valence-electron chi connectivity index (χ1n) is 10.1. The van der Waals surface area contributed by atoms with Crippen molar-refractivity contribution < 1.29 is 9.47 Å². The molecule has 29 heavy (non-hydrogen) atoms. The van der Waals surface area contributed by atoms with Gasteiger partial charge in [0.15, 0.2) is 11.5 Å². The summed E-state index contributed by atoms with van der Waals surface area (Å²) >= 11 is 0. The smallest absolute Gasteiger partial charge is 0.258 e. The predicted octanol–water partition coefficient (Wildman–Crippen LogP) is 3.65. The van der Waals surface area contributed by atoms with Crippen LogP contribution in [0.2, 0.25) is 0 Å². The van der Waals surface area contributed by atoms with E-state index in [4.69, 9.17) is 14.5 Å². The zero-order chi connectivity index (χ0) is 20.4. The van der Waals surface area contributed by atoms with Crippen molar-refractivity contribution in [3.63, 3.8) is 0 Å². The summed E-state index contributed by atoms with van der Waals surface area (Å²) in [5, 5.41) is 3.58. The molecule has 6 heteroatoms. The number of ether oxygens (including phenoxy) is 2. The molecule has 0 saturated carbocycles. The molecular formula is C23H27N3O3. The van der Waals surface area contributed by atoms with Crippen molar-refractivity contribution in [2.45, 2.75) is 39.8 Å². The van der Waals surface area contributed by atoms with Gasteiger partial charge in [-0.15, -0.1) is 0 Å². The van der Waals surface area contributed by atoms with Crippen LogP contribution in [-0.2, 0) is 6.54 Å². The fourth-order valence-corrected chi connectivity index (χ4v) is 3.73. The molecule has 0 aliphatic carbocycles. The molecule has 3 aromatic rings.